The van der Waals surface area contributed by atoms with Crippen LogP contribution in [0.2, 0.25) is 0 Å². The molecule has 2 aliphatic carbocycles. The number of anilines is 1. The summed E-state index contributed by atoms with van der Waals surface area (Å²) in [6.45, 7) is 2.99. The van der Waals surface area contributed by atoms with E-state index < -0.39 is 0 Å². The third-order valence-electron chi connectivity index (χ3n) is 5.14. The van der Waals surface area contributed by atoms with Crippen LogP contribution in [-0.2, 0) is 4.79 Å². The van der Waals surface area contributed by atoms with Gasteiger partial charge in [-0.05, 0) is 56.5 Å². The van der Waals surface area contributed by atoms with Crippen molar-refractivity contribution in [1.29, 1.82) is 0 Å². The Morgan fingerprint density at radius 3 is 2.79 bits per heavy atom. The highest BCUT2D eigenvalue weighted by molar-refractivity contribution is 6.64. The lowest BCUT2D eigenvalue weighted by atomic mass is 9.93. The maximum atomic E-state index is 11.3. The fraction of sp³-hybridized carbons (Fsp3) is 0.474. The van der Waals surface area contributed by atoms with Crippen molar-refractivity contribution < 1.29 is 4.79 Å². The van der Waals surface area contributed by atoms with Gasteiger partial charge >= 0.3 is 0 Å². The summed E-state index contributed by atoms with van der Waals surface area (Å²) in [7, 11) is 4.15. The fourth-order valence-corrected chi connectivity index (χ4v) is 3.36. The number of hydrogen-bond donors (Lipinski definition) is 1. The van der Waals surface area contributed by atoms with E-state index in [0.29, 0.717) is 6.42 Å². The molecular weight excluding hydrogens is 322 g/mol. The number of carbonyl (C=O) groups is 1. The topological polar surface area (TPSA) is 45.2 Å². The number of likely N-dealkylation sites (N-methyl/N-ethyl adjacent to an activating group) is 2. The Morgan fingerprint density at radius 1 is 1.50 bits per heavy atom. The Hall–Kier alpha value is -1.65. The molecule has 24 heavy (non-hydrogen) atoms. The minimum Gasteiger partial charge on any atom is -0.371 e. The molecule has 3 rings (SSSR count). The maximum absolute atomic E-state index is 11.3. The number of halogens is 1. The molecule has 0 aromatic carbocycles. The van der Waals surface area contributed by atoms with Crippen molar-refractivity contribution in [2.45, 2.75) is 31.7 Å². The van der Waals surface area contributed by atoms with Crippen LogP contribution in [0.3, 0.4) is 0 Å². The van der Waals surface area contributed by atoms with Gasteiger partial charge in [0.25, 0.3) is 0 Å². The van der Waals surface area contributed by atoms with E-state index in [4.69, 9.17) is 11.6 Å². The Kier molecular flexibility index (Phi) is 4.79. The van der Waals surface area contributed by atoms with Crippen LogP contribution in [0.4, 0.5) is 5.69 Å². The molecular formula is C19H24ClN3O. The van der Waals surface area contributed by atoms with E-state index in [1.54, 1.807) is 0 Å². The number of aryl methyl sites for hydroxylation is 1. The van der Waals surface area contributed by atoms with Gasteiger partial charge in [-0.2, -0.15) is 0 Å². The number of nitrogens with zero attached hydrogens (tertiary/aromatic N) is 2. The normalized spacial score (nSPS) is 21.3. The average molecular weight is 346 g/mol. The van der Waals surface area contributed by atoms with E-state index in [1.807, 2.05) is 32.3 Å². The molecule has 1 N–H and O–H groups in total. The third-order valence-corrected chi connectivity index (χ3v) is 5.42. The summed E-state index contributed by atoms with van der Waals surface area (Å²) < 4.78 is 0. The highest BCUT2D eigenvalue weighted by Gasteiger charge is 2.41. The van der Waals surface area contributed by atoms with Gasteiger partial charge in [-0.3, -0.25) is 9.78 Å². The molecule has 1 aromatic heterocycles. The zero-order valence-corrected chi connectivity index (χ0v) is 15.2. The quantitative estimate of drug-likeness (QED) is 0.803. The van der Waals surface area contributed by atoms with Crippen molar-refractivity contribution >= 4 is 28.1 Å². The van der Waals surface area contributed by atoms with Gasteiger partial charge in [-0.1, -0.05) is 18.2 Å². The largest absolute Gasteiger partial charge is 0.371 e. The van der Waals surface area contributed by atoms with Crippen LogP contribution in [0.5, 0.6) is 0 Å². The van der Waals surface area contributed by atoms with Crippen molar-refractivity contribution in [1.82, 2.24) is 10.3 Å². The van der Waals surface area contributed by atoms with Gasteiger partial charge in [0, 0.05) is 30.4 Å². The predicted molar refractivity (Wildman–Crippen MR) is 99.4 cm³/mol. The lowest BCUT2D eigenvalue weighted by molar-refractivity contribution is -0.113. The first-order valence-corrected chi connectivity index (χ1v) is 8.77. The second kappa shape index (κ2) is 6.69. The van der Waals surface area contributed by atoms with Gasteiger partial charge < -0.3 is 10.2 Å². The second-order valence-electron chi connectivity index (χ2n) is 6.88. The molecule has 0 bridgehead atoms. The summed E-state index contributed by atoms with van der Waals surface area (Å²) >= 11 is 5.59. The second-order valence-corrected chi connectivity index (χ2v) is 7.25. The summed E-state index contributed by atoms with van der Waals surface area (Å²) in [6, 6.07) is 2.19. The van der Waals surface area contributed by atoms with Gasteiger partial charge in [0.05, 0.1) is 17.8 Å². The summed E-state index contributed by atoms with van der Waals surface area (Å²) in [5, 5.41) is 3.13. The number of nitrogens with one attached hydrogen (secondary N) is 1. The average Bonchev–Trinajstić information content (AvgIpc) is 3.35. The summed E-state index contributed by atoms with van der Waals surface area (Å²) in [5.74, 6) is -0.208. The SMILES string of the molecule is CNC1(CN(C)c2cnc(C)c(C3=CCC(C(=O)Cl)C=C3)c2)CC1. The molecule has 0 spiro atoms. The molecule has 1 atom stereocenters. The molecule has 4 nitrogen and oxygen atoms in total. The van der Waals surface area contributed by atoms with Gasteiger partial charge in [-0.25, -0.2) is 0 Å². The van der Waals surface area contributed by atoms with Crippen molar-refractivity contribution in [3.8, 4) is 0 Å². The molecule has 5 heteroatoms. The van der Waals surface area contributed by atoms with Crippen molar-refractivity contribution in [3.05, 3.63) is 41.7 Å². The van der Waals surface area contributed by atoms with Crippen LogP contribution >= 0.6 is 11.6 Å². The van der Waals surface area contributed by atoms with E-state index in [1.165, 1.54) is 12.8 Å². The number of allylic oxidation sites excluding steroid dienone is 4. The summed E-state index contributed by atoms with van der Waals surface area (Å²) in [5.41, 5.74) is 4.59. The fourth-order valence-electron chi connectivity index (χ4n) is 3.19. The lowest BCUT2D eigenvalue weighted by Crippen LogP contribution is -2.39. The van der Waals surface area contributed by atoms with E-state index in [2.05, 4.69) is 34.4 Å². The van der Waals surface area contributed by atoms with E-state index in [0.717, 1.165) is 29.1 Å². The molecule has 1 saturated carbocycles. The monoisotopic (exact) mass is 345 g/mol. The number of rotatable bonds is 6. The Morgan fingerprint density at radius 2 is 2.25 bits per heavy atom. The molecule has 1 aromatic rings. The number of hydrogen-bond acceptors (Lipinski definition) is 4. The van der Waals surface area contributed by atoms with Crippen LogP contribution in [0.15, 0.2) is 30.5 Å². The van der Waals surface area contributed by atoms with Crippen LogP contribution in [0.25, 0.3) is 5.57 Å². The molecule has 128 valence electrons. The Balaban J connectivity index is 1.80. The highest BCUT2D eigenvalue weighted by atomic mass is 35.5. The molecule has 0 amide bonds. The molecule has 1 fully saturated rings. The lowest BCUT2D eigenvalue weighted by Gasteiger charge is -2.26. The van der Waals surface area contributed by atoms with Crippen LogP contribution in [0.1, 0.15) is 30.5 Å². The minimum atomic E-state index is -0.299. The van der Waals surface area contributed by atoms with E-state index in [-0.39, 0.29) is 16.7 Å². The highest BCUT2D eigenvalue weighted by Crippen LogP contribution is 2.37. The van der Waals surface area contributed by atoms with Gasteiger partial charge in [0.1, 0.15) is 0 Å². The number of aromatic nitrogens is 1. The summed E-state index contributed by atoms with van der Waals surface area (Å²) in [6.07, 6.45) is 11.0. The van der Waals surface area contributed by atoms with Crippen molar-refractivity contribution in [2.24, 2.45) is 5.92 Å². The third kappa shape index (κ3) is 3.55. The zero-order valence-electron chi connectivity index (χ0n) is 14.5. The maximum Gasteiger partial charge on any atom is 0.228 e. The first-order chi connectivity index (χ1) is 11.4. The molecule has 0 radical (unpaired) electrons. The van der Waals surface area contributed by atoms with Crippen LogP contribution in [-0.4, -0.2) is 36.4 Å². The van der Waals surface area contributed by atoms with Crippen LogP contribution < -0.4 is 10.2 Å². The standard InChI is InChI=1S/C19H24ClN3O/c1-13-17(14-4-6-15(7-5-14)18(20)24)10-16(11-22-13)23(3)12-19(21-2)8-9-19/h4-6,10-11,15,21H,7-9,12H2,1-3H3. The molecule has 1 heterocycles. The smallest absolute Gasteiger partial charge is 0.228 e. The Bertz CT molecular complexity index is 707. The zero-order chi connectivity index (χ0) is 17.3. The van der Waals surface area contributed by atoms with Crippen molar-refractivity contribution in [2.75, 3.05) is 25.5 Å². The first kappa shape index (κ1) is 17.2. The number of carbonyl (C=O) groups excluding carboxylic acids is 1. The number of pyridine rings is 1. The predicted octanol–water partition coefficient (Wildman–Crippen LogP) is 3.30. The molecule has 1 unspecified atom stereocenters. The first-order valence-electron chi connectivity index (χ1n) is 8.39. The van der Waals surface area contributed by atoms with Crippen LogP contribution in [0, 0.1) is 12.8 Å². The molecule has 0 aliphatic heterocycles. The molecule has 0 saturated heterocycles. The van der Waals surface area contributed by atoms with Gasteiger partial charge in [-0.15, -0.1) is 0 Å². The van der Waals surface area contributed by atoms with E-state index in [9.17, 15) is 4.79 Å². The molecule has 2 aliphatic rings. The summed E-state index contributed by atoms with van der Waals surface area (Å²) in [4.78, 5) is 18.1. The van der Waals surface area contributed by atoms with Crippen molar-refractivity contribution in [3.63, 3.8) is 0 Å². The Labute approximate surface area is 148 Å². The van der Waals surface area contributed by atoms with E-state index >= 15 is 0 Å². The van der Waals surface area contributed by atoms with Gasteiger partial charge in [0.15, 0.2) is 0 Å². The van der Waals surface area contributed by atoms with Gasteiger partial charge in [0.2, 0.25) is 5.24 Å². The minimum absolute atomic E-state index is 0.208.